The number of benzene rings is 1. The number of imidazole rings is 1. The van der Waals surface area contributed by atoms with Crippen molar-refractivity contribution < 1.29 is 23.5 Å². The first-order chi connectivity index (χ1) is 14.3. The molecule has 4 rings (SSSR count). The Kier molecular flexibility index (Phi) is 4.82. The summed E-state index contributed by atoms with van der Waals surface area (Å²) in [6.07, 6.45) is 3.65. The van der Waals surface area contributed by atoms with E-state index in [4.69, 9.17) is 10.5 Å². The van der Waals surface area contributed by atoms with Gasteiger partial charge in [0.25, 0.3) is 5.91 Å². The van der Waals surface area contributed by atoms with E-state index in [0.29, 0.717) is 16.9 Å². The number of nitrogens with one attached hydrogen (secondary N) is 1. The van der Waals surface area contributed by atoms with Crippen LogP contribution in [0.4, 0.5) is 14.9 Å². The van der Waals surface area contributed by atoms with E-state index in [9.17, 15) is 18.8 Å². The Hall–Kier alpha value is -3.95. The summed E-state index contributed by atoms with van der Waals surface area (Å²) in [5.41, 5.74) is 6.98. The summed E-state index contributed by atoms with van der Waals surface area (Å²) < 4.78 is 21.7. The van der Waals surface area contributed by atoms with Gasteiger partial charge < -0.3 is 20.2 Å². The first-order valence-corrected chi connectivity index (χ1v) is 9.12. The molecule has 1 atom stereocenters. The lowest BCUT2D eigenvalue weighted by molar-refractivity contribution is -0.119. The molecular weight excluding hydrogens is 393 g/mol. The molecule has 3 N–H and O–H groups in total. The molecule has 10 heteroatoms. The summed E-state index contributed by atoms with van der Waals surface area (Å²) in [5.74, 6) is -1.49. The zero-order valence-corrected chi connectivity index (χ0v) is 16.0. The minimum atomic E-state index is -0.671. The van der Waals surface area contributed by atoms with Crippen LogP contribution in [0.3, 0.4) is 0 Å². The van der Waals surface area contributed by atoms with Crippen molar-refractivity contribution in [2.45, 2.75) is 13.0 Å². The molecule has 1 aliphatic heterocycles. The number of carbonyl (C=O) groups is 3. The summed E-state index contributed by atoms with van der Waals surface area (Å²) in [5, 5.41) is 2.59. The minimum Gasteiger partial charge on any atom is -0.442 e. The Morgan fingerprint density at radius 1 is 1.37 bits per heavy atom. The molecule has 0 unspecified atom stereocenters. The number of amides is 3. The summed E-state index contributed by atoms with van der Waals surface area (Å²) >= 11 is 0. The van der Waals surface area contributed by atoms with Crippen molar-refractivity contribution >= 4 is 29.2 Å². The summed E-state index contributed by atoms with van der Waals surface area (Å²) in [7, 11) is 0. The van der Waals surface area contributed by atoms with Crippen LogP contribution in [0, 0.1) is 5.82 Å². The number of rotatable bonds is 5. The van der Waals surface area contributed by atoms with E-state index in [-0.39, 0.29) is 30.1 Å². The highest BCUT2D eigenvalue weighted by atomic mass is 19.1. The molecule has 1 saturated heterocycles. The van der Waals surface area contributed by atoms with Crippen molar-refractivity contribution in [1.29, 1.82) is 0 Å². The van der Waals surface area contributed by atoms with Crippen LogP contribution >= 0.6 is 0 Å². The standard InChI is InChI=1S/C20H18FN5O4/c1-11(27)24-8-14-10-26(20(29)30-14)13-2-3-15(17(21)7-13)12-6-16(18(22)28)19-23-4-5-25(19)9-12/h2-7,9,14H,8,10H2,1H3,(H2,22,28)(H,24,27)/t14-/m0/s1. The SMILES string of the molecule is CC(=O)NC[C@H]1CN(c2ccc(-c3cc(C(N)=O)c4nccn4c3)c(F)c2)C(=O)O1. The van der Waals surface area contributed by atoms with Crippen LogP contribution in [0.1, 0.15) is 17.3 Å². The van der Waals surface area contributed by atoms with Crippen molar-refractivity contribution in [2.24, 2.45) is 5.73 Å². The van der Waals surface area contributed by atoms with E-state index in [0.717, 1.165) is 0 Å². The topological polar surface area (TPSA) is 119 Å². The number of carbonyl (C=O) groups excluding carboxylic acids is 3. The number of nitrogens with zero attached hydrogens (tertiary/aromatic N) is 3. The van der Waals surface area contributed by atoms with Crippen LogP contribution < -0.4 is 16.0 Å². The van der Waals surface area contributed by atoms with Crippen LogP contribution in [0.25, 0.3) is 16.8 Å². The van der Waals surface area contributed by atoms with Gasteiger partial charge >= 0.3 is 6.09 Å². The molecule has 0 aliphatic carbocycles. The van der Waals surface area contributed by atoms with E-state index in [2.05, 4.69) is 10.3 Å². The summed E-state index contributed by atoms with van der Waals surface area (Å²) in [6, 6.07) is 5.81. The Balaban J connectivity index is 1.63. The van der Waals surface area contributed by atoms with Gasteiger partial charge in [0, 0.05) is 36.6 Å². The van der Waals surface area contributed by atoms with Crippen molar-refractivity contribution in [2.75, 3.05) is 18.0 Å². The second-order valence-electron chi connectivity index (χ2n) is 6.88. The third kappa shape index (κ3) is 3.54. The van der Waals surface area contributed by atoms with Crippen LogP contribution in [0.15, 0.2) is 42.9 Å². The lowest BCUT2D eigenvalue weighted by Gasteiger charge is -2.15. The molecule has 1 fully saturated rings. The number of primary amides is 1. The van der Waals surface area contributed by atoms with Crippen LogP contribution in [0.5, 0.6) is 0 Å². The largest absolute Gasteiger partial charge is 0.442 e. The van der Waals surface area contributed by atoms with E-state index < -0.39 is 23.9 Å². The third-order valence-corrected chi connectivity index (χ3v) is 4.78. The smallest absolute Gasteiger partial charge is 0.414 e. The maximum Gasteiger partial charge on any atom is 0.414 e. The Morgan fingerprint density at radius 3 is 2.87 bits per heavy atom. The molecule has 9 nitrogen and oxygen atoms in total. The molecule has 3 aromatic rings. The van der Waals surface area contributed by atoms with Gasteiger partial charge in [-0.2, -0.15) is 0 Å². The van der Waals surface area contributed by atoms with Gasteiger partial charge in [0.05, 0.1) is 24.3 Å². The number of hydrogen-bond acceptors (Lipinski definition) is 5. The van der Waals surface area contributed by atoms with Crippen LogP contribution in [-0.2, 0) is 9.53 Å². The Bertz CT molecular complexity index is 1180. The molecule has 3 amide bonds. The summed E-state index contributed by atoms with van der Waals surface area (Å²) in [6.45, 7) is 1.73. The number of aromatic nitrogens is 2. The molecule has 154 valence electrons. The molecular formula is C20H18FN5O4. The maximum absolute atomic E-state index is 14.9. The van der Waals surface area contributed by atoms with Gasteiger partial charge in [-0.1, -0.05) is 0 Å². The molecule has 3 heterocycles. The highest BCUT2D eigenvalue weighted by Gasteiger charge is 2.32. The normalized spacial score (nSPS) is 16.0. The quantitative estimate of drug-likeness (QED) is 0.662. The zero-order valence-electron chi connectivity index (χ0n) is 16.0. The van der Waals surface area contributed by atoms with E-state index >= 15 is 0 Å². The minimum absolute atomic E-state index is 0.171. The number of ether oxygens (including phenoxy) is 1. The molecule has 2 aromatic heterocycles. The van der Waals surface area contributed by atoms with Crippen LogP contribution in [0.2, 0.25) is 0 Å². The Labute approximate surface area is 170 Å². The first kappa shape index (κ1) is 19.4. The molecule has 0 spiro atoms. The van der Waals surface area contributed by atoms with E-state index in [1.165, 1.54) is 36.2 Å². The van der Waals surface area contributed by atoms with Crippen molar-refractivity contribution in [3.63, 3.8) is 0 Å². The number of pyridine rings is 1. The van der Waals surface area contributed by atoms with Crippen molar-refractivity contribution in [1.82, 2.24) is 14.7 Å². The maximum atomic E-state index is 14.9. The fourth-order valence-electron chi connectivity index (χ4n) is 3.36. The predicted molar refractivity (Wildman–Crippen MR) is 105 cm³/mol. The number of fused-ring (bicyclic) bond motifs is 1. The van der Waals surface area contributed by atoms with Gasteiger partial charge in [-0.15, -0.1) is 0 Å². The Morgan fingerprint density at radius 2 is 2.17 bits per heavy atom. The molecule has 30 heavy (non-hydrogen) atoms. The number of halogens is 1. The molecule has 0 saturated carbocycles. The molecule has 0 bridgehead atoms. The van der Waals surface area contributed by atoms with Gasteiger partial charge in [-0.25, -0.2) is 14.2 Å². The highest BCUT2D eigenvalue weighted by Crippen LogP contribution is 2.30. The second kappa shape index (κ2) is 7.47. The fourth-order valence-corrected chi connectivity index (χ4v) is 3.36. The van der Waals surface area contributed by atoms with E-state index in [1.54, 1.807) is 22.9 Å². The fraction of sp³-hybridized carbons (Fsp3) is 0.200. The van der Waals surface area contributed by atoms with E-state index in [1.807, 2.05) is 0 Å². The van der Waals surface area contributed by atoms with Gasteiger partial charge in [0.1, 0.15) is 17.6 Å². The highest BCUT2D eigenvalue weighted by molar-refractivity contribution is 6.00. The number of cyclic esters (lactones) is 1. The summed E-state index contributed by atoms with van der Waals surface area (Å²) in [4.78, 5) is 40.3. The average Bonchev–Trinajstić information content (AvgIpc) is 3.31. The predicted octanol–water partition coefficient (Wildman–Crippen LogP) is 1.70. The second-order valence-corrected chi connectivity index (χ2v) is 6.88. The van der Waals surface area contributed by atoms with Crippen molar-refractivity contribution in [3.8, 4) is 11.1 Å². The monoisotopic (exact) mass is 411 g/mol. The first-order valence-electron chi connectivity index (χ1n) is 9.12. The number of hydrogen-bond donors (Lipinski definition) is 2. The molecule has 1 aliphatic rings. The van der Waals surface area contributed by atoms with Gasteiger partial charge in [-0.05, 0) is 24.3 Å². The molecule has 0 radical (unpaired) electrons. The lowest BCUT2D eigenvalue weighted by atomic mass is 10.0. The number of nitrogens with two attached hydrogens (primary N) is 1. The van der Waals surface area contributed by atoms with Crippen LogP contribution in [-0.4, -0.2) is 46.5 Å². The van der Waals surface area contributed by atoms with Crippen molar-refractivity contribution in [3.05, 3.63) is 54.2 Å². The van der Waals surface area contributed by atoms with Gasteiger partial charge in [0.15, 0.2) is 0 Å². The third-order valence-electron chi connectivity index (χ3n) is 4.78. The van der Waals surface area contributed by atoms with Gasteiger partial charge in [-0.3, -0.25) is 14.5 Å². The zero-order chi connectivity index (χ0) is 21.4. The lowest BCUT2D eigenvalue weighted by Crippen LogP contribution is -2.33. The van der Waals surface area contributed by atoms with Gasteiger partial charge in [0.2, 0.25) is 5.91 Å². The average molecular weight is 411 g/mol. The molecule has 1 aromatic carbocycles. The number of anilines is 1.